The third-order valence-corrected chi connectivity index (χ3v) is 3.25. The largest absolute Gasteiger partial charge is 0.481 e. The van der Waals surface area contributed by atoms with Gasteiger partial charge in [0.15, 0.2) is 0 Å². The summed E-state index contributed by atoms with van der Waals surface area (Å²) in [5, 5.41) is 8.99. The molecule has 0 radical (unpaired) electrons. The minimum atomic E-state index is -0.953. The molecule has 5 heteroatoms. The van der Waals surface area contributed by atoms with Gasteiger partial charge in [0.25, 0.3) is 0 Å². The zero-order valence-corrected chi connectivity index (χ0v) is 11.2. The lowest BCUT2D eigenvalue weighted by molar-refractivity contribution is -0.138. The summed E-state index contributed by atoms with van der Waals surface area (Å²) >= 11 is 5.74. The van der Waals surface area contributed by atoms with Gasteiger partial charge < -0.3 is 5.11 Å². The van der Waals surface area contributed by atoms with Crippen LogP contribution in [0.15, 0.2) is 18.2 Å². The Morgan fingerprint density at radius 1 is 1.44 bits per heavy atom. The monoisotopic (exact) mass is 273 g/mol. The summed E-state index contributed by atoms with van der Waals surface area (Å²) in [6.45, 7) is 5.14. The van der Waals surface area contributed by atoms with E-state index in [0.29, 0.717) is 18.7 Å². The third-order valence-electron chi connectivity index (χ3n) is 2.96. The Morgan fingerprint density at radius 3 is 2.56 bits per heavy atom. The van der Waals surface area contributed by atoms with Gasteiger partial charge in [-0.25, -0.2) is 4.39 Å². The van der Waals surface area contributed by atoms with Crippen LogP contribution >= 0.6 is 11.6 Å². The first-order chi connectivity index (χ1) is 8.51. The Morgan fingerprint density at radius 2 is 2.06 bits per heavy atom. The Balaban J connectivity index is 3.16. The van der Waals surface area contributed by atoms with Gasteiger partial charge in [0.05, 0.1) is 11.4 Å². The highest BCUT2D eigenvalue weighted by Gasteiger charge is 2.24. The second-order valence-electron chi connectivity index (χ2n) is 3.98. The fraction of sp³-hybridized carbons (Fsp3) is 0.462. The van der Waals surface area contributed by atoms with Gasteiger partial charge >= 0.3 is 5.97 Å². The van der Waals surface area contributed by atoms with Crippen molar-refractivity contribution in [1.82, 2.24) is 4.90 Å². The lowest BCUT2D eigenvalue weighted by atomic mass is 10.0. The zero-order chi connectivity index (χ0) is 13.7. The average molecular weight is 274 g/mol. The summed E-state index contributed by atoms with van der Waals surface area (Å²) in [7, 11) is 0. The van der Waals surface area contributed by atoms with E-state index in [0.717, 1.165) is 0 Å². The van der Waals surface area contributed by atoms with Gasteiger partial charge in [-0.2, -0.15) is 0 Å². The van der Waals surface area contributed by atoms with Crippen LogP contribution < -0.4 is 0 Å². The van der Waals surface area contributed by atoms with Crippen molar-refractivity contribution in [2.45, 2.75) is 26.3 Å². The summed E-state index contributed by atoms with van der Waals surface area (Å²) in [4.78, 5) is 12.8. The predicted octanol–water partition coefficient (Wildman–Crippen LogP) is 3.34. The van der Waals surface area contributed by atoms with Crippen molar-refractivity contribution in [3.8, 4) is 0 Å². The number of carbonyl (C=O) groups is 1. The van der Waals surface area contributed by atoms with E-state index in [4.69, 9.17) is 16.7 Å². The summed E-state index contributed by atoms with van der Waals surface area (Å²) in [5.74, 6) is -1.48. The first-order valence-electron chi connectivity index (χ1n) is 5.91. The number of halogens is 2. The van der Waals surface area contributed by atoms with Crippen LogP contribution in [0.3, 0.4) is 0 Å². The van der Waals surface area contributed by atoms with Crippen LogP contribution in [0.25, 0.3) is 0 Å². The second kappa shape index (κ2) is 6.71. The molecular formula is C13H17ClFNO2. The highest BCUT2D eigenvalue weighted by molar-refractivity contribution is 6.30. The fourth-order valence-electron chi connectivity index (χ4n) is 2.04. The van der Waals surface area contributed by atoms with E-state index < -0.39 is 17.8 Å². The Hall–Kier alpha value is -1.13. The van der Waals surface area contributed by atoms with E-state index in [1.807, 2.05) is 18.7 Å². The van der Waals surface area contributed by atoms with Crippen molar-refractivity contribution in [2.75, 3.05) is 13.1 Å². The number of nitrogens with zero attached hydrogens (tertiary/aromatic N) is 1. The highest BCUT2D eigenvalue weighted by Crippen LogP contribution is 2.29. The Labute approximate surface area is 111 Å². The molecular weight excluding hydrogens is 257 g/mol. The zero-order valence-electron chi connectivity index (χ0n) is 10.5. The summed E-state index contributed by atoms with van der Waals surface area (Å²) in [6, 6.07) is 4.20. The molecule has 0 saturated carbocycles. The van der Waals surface area contributed by atoms with Gasteiger partial charge in [-0.1, -0.05) is 37.6 Å². The highest BCUT2D eigenvalue weighted by atomic mass is 35.5. The van der Waals surface area contributed by atoms with Crippen LogP contribution in [-0.4, -0.2) is 29.1 Å². The summed E-state index contributed by atoms with van der Waals surface area (Å²) in [6.07, 6.45) is -0.140. The van der Waals surface area contributed by atoms with E-state index in [9.17, 15) is 9.18 Å². The van der Waals surface area contributed by atoms with Crippen molar-refractivity contribution in [3.63, 3.8) is 0 Å². The van der Waals surface area contributed by atoms with Crippen molar-refractivity contribution in [3.05, 3.63) is 34.6 Å². The lowest BCUT2D eigenvalue weighted by Crippen LogP contribution is -2.30. The topological polar surface area (TPSA) is 40.5 Å². The van der Waals surface area contributed by atoms with Crippen molar-refractivity contribution in [2.24, 2.45) is 0 Å². The smallest absolute Gasteiger partial charge is 0.305 e. The number of hydrogen-bond donors (Lipinski definition) is 1. The first-order valence-corrected chi connectivity index (χ1v) is 6.28. The minimum absolute atomic E-state index is 0.0232. The lowest BCUT2D eigenvalue weighted by Gasteiger charge is -2.29. The Kier molecular flexibility index (Phi) is 5.56. The van der Waals surface area contributed by atoms with Gasteiger partial charge in [-0.3, -0.25) is 9.69 Å². The quantitative estimate of drug-likeness (QED) is 0.864. The van der Waals surface area contributed by atoms with Crippen LogP contribution in [0.2, 0.25) is 5.02 Å². The molecule has 1 atom stereocenters. The molecule has 1 rings (SSSR count). The van der Waals surface area contributed by atoms with Crippen LogP contribution in [0.5, 0.6) is 0 Å². The van der Waals surface area contributed by atoms with Crippen molar-refractivity contribution < 1.29 is 14.3 Å². The van der Waals surface area contributed by atoms with Crippen LogP contribution in [-0.2, 0) is 4.79 Å². The number of carboxylic acid groups (broad SMARTS) is 1. The molecule has 0 saturated heterocycles. The molecule has 3 nitrogen and oxygen atoms in total. The molecule has 0 heterocycles. The predicted molar refractivity (Wildman–Crippen MR) is 69.3 cm³/mol. The van der Waals surface area contributed by atoms with Gasteiger partial charge in [0, 0.05) is 11.6 Å². The standard InChI is InChI=1S/C13H17ClFNO2/c1-3-16(4-2)11(8-12(17)18)9-6-5-7-10(14)13(9)15/h5-7,11H,3-4,8H2,1-2H3,(H,17,18). The molecule has 100 valence electrons. The number of benzene rings is 1. The second-order valence-corrected chi connectivity index (χ2v) is 4.39. The van der Waals surface area contributed by atoms with Gasteiger partial charge in [-0.15, -0.1) is 0 Å². The number of carboxylic acids is 1. The van der Waals surface area contributed by atoms with Crippen molar-refractivity contribution >= 4 is 17.6 Å². The number of rotatable bonds is 6. The SMILES string of the molecule is CCN(CC)C(CC(=O)O)c1cccc(Cl)c1F. The maximum Gasteiger partial charge on any atom is 0.305 e. The van der Waals surface area contributed by atoms with Gasteiger partial charge in [-0.05, 0) is 19.2 Å². The minimum Gasteiger partial charge on any atom is -0.481 e. The van der Waals surface area contributed by atoms with E-state index in [-0.39, 0.29) is 11.4 Å². The molecule has 0 amide bonds. The molecule has 0 bridgehead atoms. The van der Waals surface area contributed by atoms with Gasteiger partial charge in [0.2, 0.25) is 0 Å². The van der Waals surface area contributed by atoms with E-state index in [1.165, 1.54) is 6.07 Å². The Bertz CT molecular complexity index is 421. The summed E-state index contributed by atoms with van der Waals surface area (Å²) < 4.78 is 14.0. The number of hydrogen-bond acceptors (Lipinski definition) is 2. The molecule has 1 N–H and O–H groups in total. The molecule has 0 aliphatic rings. The molecule has 1 unspecified atom stereocenters. The van der Waals surface area contributed by atoms with Crippen LogP contribution in [0.4, 0.5) is 4.39 Å². The van der Waals surface area contributed by atoms with E-state index >= 15 is 0 Å². The molecule has 0 spiro atoms. The van der Waals surface area contributed by atoms with E-state index in [2.05, 4.69) is 0 Å². The molecule has 0 fully saturated rings. The van der Waals surface area contributed by atoms with Gasteiger partial charge in [0.1, 0.15) is 5.82 Å². The summed E-state index contributed by atoms with van der Waals surface area (Å²) in [5.41, 5.74) is 0.341. The fourth-order valence-corrected chi connectivity index (χ4v) is 2.23. The molecule has 0 aliphatic heterocycles. The molecule has 18 heavy (non-hydrogen) atoms. The maximum atomic E-state index is 14.0. The normalized spacial score (nSPS) is 12.7. The number of aliphatic carboxylic acids is 1. The molecule has 1 aromatic carbocycles. The molecule has 1 aromatic rings. The molecule has 0 aromatic heterocycles. The van der Waals surface area contributed by atoms with E-state index in [1.54, 1.807) is 12.1 Å². The van der Waals surface area contributed by atoms with Crippen LogP contribution in [0.1, 0.15) is 31.9 Å². The first kappa shape index (κ1) is 14.9. The average Bonchev–Trinajstić information content (AvgIpc) is 2.32. The molecule has 0 aliphatic carbocycles. The third kappa shape index (κ3) is 3.43. The maximum absolute atomic E-state index is 14.0. The van der Waals surface area contributed by atoms with Crippen molar-refractivity contribution in [1.29, 1.82) is 0 Å². The van der Waals surface area contributed by atoms with Crippen LogP contribution in [0, 0.1) is 5.82 Å².